The minimum atomic E-state index is -5.20. The number of alkyl halides is 3. The third-order valence-electron chi connectivity index (χ3n) is 6.64. The molecule has 8 nitrogen and oxygen atoms in total. The highest BCUT2D eigenvalue weighted by Gasteiger charge is 2.42. The maximum atomic E-state index is 13.5. The van der Waals surface area contributed by atoms with Gasteiger partial charge in [-0.3, -0.25) is 4.79 Å². The molecule has 0 radical (unpaired) electrons. The number of ether oxygens (including phenoxy) is 1. The number of anilines is 1. The molecule has 2 aromatic carbocycles. The van der Waals surface area contributed by atoms with E-state index < -0.39 is 24.1 Å². The molecule has 0 spiro atoms. The molecule has 38 heavy (non-hydrogen) atoms. The van der Waals surface area contributed by atoms with Crippen molar-refractivity contribution in [2.75, 3.05) is 31.1 Å². The van der Waals surface area contributed by atoms with Gasteiger partial charge in [0.2, 0.25) is 6.10 Å². The third kappa shape index (κ3) is 6.83. The molecular formula is C27H31F3N4O4. The summed E-state index contributed by atoms with van der Waals surface area (Å²) >= 11 is 0. The highest BCUT2D eigenvalue weighted by Crippen LogP contribution is 2.39. The first-order chi connectivity index (χ1) is 18.2. The second-order valence-electron chi connectivity index (χ2n) is 9.40. The SMILES string of the molecule is N/C(=N\OC(=O)C(F)(F)F)c1cccc(C2Oc3ccccc3N(CCCCCN3CCCCC3)C2=O)c1. The number of fused-ring (bicyclic) bond motifs is 1. The highest BCUT2D eigenvalue weighted by atomic mass is 19.4. The predicted molar refractivity (Wildman–Crippen MR) is 136 cm³/mol. The Bertz CT molecular complexity index is 1170. The molecule has 0 aromatic heterocycles. The second-order valence-corrected chi connectivity index (χ2v) is 9.40. The smallest absolute Gasteiger partial charge is 0.474 e. The number of hydrogen-bond donors (Lipinski definition) is 1. The number of hydrogen-bond acceptors (Lipinski definition) is 6. The molecule has 2 aromatic rings. The van der Waals surface area contributed by atoms with Crippen molar-refractivity contribution in [3.8, 4) is 5.75 Å². The number of para-hydroxylation sites is 2. The minimum Gasteiger partial charge on any atom is -0.474 e. The lowest BCUT2D eigenvalue weighted by atomic mass is 10.0. The molecule has 2 heterocycles. The molecule has 11 heteroatoms. The second kappa shape index (κ2) is 12.3. The molecule has 2 aliphatic rings. The van der Waals surface area contributed by atoms with Crippen LogP contribution < -0.4 is 15.4 Å². The summed E-state index contributed by atoms with van der Waals surface area (Å²) in [5.74, 6) is -2.63. The number of rotatable bonds is 9. The van der Waals surface area contributed by atoms with E-state index in [1.807, 2.05) is 18.2 Å². The van der Waals surface area contributed by atoms with Crippen LogP contribution in [0.15, 0.2) is 53.7 Å². The third-order valence-corrected chi connectivity index (χ3v) is 6.64. The van der Waals surface area contributed by atoms with Crippen LogP contribution in [0.2, 0.25) is 0 Å². The number of benzene rings is 2. The number of oxime groups is 1. The van der Waals surface area contributed by atoms with Crippen LogP contribution in [0.5, 0.6) is 5.75 Å². The summed E-state index contributed by atoms with van der Waals surface area (Å²) in [4.78, 5) is 32.6. The first kappa shape index (κ1) is 27.4. The lowest BCUT2D eigenvalue weighted by Crippen LogP contribution is -2.41. The Hall–Kier alpha value is -3.60. The fourth-order valence-electron chi connectivity index (χ4n) is 4.68. The Balaban J connectivity index is 1.44. The van der Waals surface area contributed by atoms with Crippen LogP contribution in [0.1, 0.15) is 55.8 Å². The Labute approximate surface area is 219 Å². The number of halogens is 3. The van der Waals surface area contributed by atoms with E-state index in [1.165, 1.54) is 31.4 Å². The van der Waals surface area contributed by atoms with Crippen LogP contribution in [0, 0.1) is 0 Å². The normalized spacial score (nSPS) is 18.6. The summed E-state index contributed by atoms with van der Waals surface area (Å²) in [5.41, 5.74) is 7.05. The van der Waals surface area contributed by atoms with Crippen LogP contribution in [-0.2, 0) is 14.4 Å². The first-order valence-corrected chi connectivity index (χ1v) is 12.8. The maximum absolute atomic E-state index is 13.5. The van der Waals surface area contributed by atoms with Crippen molar-refractivity contribution >= 4 is 23.4 Å². The zero-order valence-electron chi connectivity index (χ0n) is 21.0. The molecule has 204 valence electrons. The number of unbranched alkanes of at least 4 members (excludes halogenated alkanes) is 2. The van der Waals surface area contributed by atoms with Crippen molar-refractivity contribution in [3.63, 3.8) is 0 Å². The van der Waals surface area contributed by atoms with E-state index in [2.05, 4.69) is 14.9 Å². The lowest BCUT2D eigenvalue weighted by molar-refractivity contribution is -0.199. The van der Waals surface area contributed by atoms with Crippen LogP contribution in [0.4, 0.5) is 18.9 Å². The molecule has 2 N–H and O–H groups in total. The van der Waals surface area contributed by atoms with Crippen LogP contribution in [-0.4, -0.2) is 55.0 Å². The van der Waals surface area contributed by atoms with Crippen molar-refractivity contribution in [2.24, 2.45) is 10.9 Å². The fraction of sp³-hybridized carbons (Fsp3) is 0.444. The zero-order chi connectivity index (χ0) is 27.1. The average molecular weight is 533 g/mol. The van der Waals surface area contributed by atoms with E-state index >= 15 is 0 Å². The van der Waals surface area contributed by atoms with Gasteiger partial charge in [0.15, 0.2) is 5.84 Å². The van der Waals surface area contributed by atoms with Crippen molar-refractivity contribution in [2.45, 2.75) is 50.8 Å². The Morgan fingerprint density at radius 3 is 2.53 bits per heavy atom. The summed E-state index contributed by atoms with van der Waals surface area (Å²) in [6, 6.07) is 13.5. The van der Waals surface area contributed by atoms with Crippen LogP contribution in [0.25, 0.3) is 0 Å². The van der Waals surface area contributed by atoms with Gasteiger partial charge in [0, 0.05) is 17.7 Å². The standard InChI is InChI=1S/C27H31F3N4O4/c28-27(29,30)26(36)38-32-24(31)20-11-9-10-19(18-20)23-25(35)34(21-12-3-4-13-22(21)37-23)17-8-2-7-16-33-14-5-1-6-15-33/h3-4,9-13,18,23H,1-2,5-8,14-17H2,(H2,31,32). The highest BCUT2D eigenvalue weighted by molar-refractivity contribution is 6.01. The molecule has 0 saturated carbocycles. The molecule has 4 rings (SSSR count). The Morgan fingerprint density at radius 2 is 1.76 bits per heavy atom. The van der Waals surface area contributed by atoms with E-state index in [1.54, 1.807) is 23.1 Å². The number of piperidine rings is 1. The monoisotopic (exact) mass is 532 g/mol. The van der Waals surface area contributed by atoms with Gasteiger partial charge in [0.05, 0.1) is 5.69 Å². The molecular weight excluding hydrogens is 501 g/mol. The van der Waals surface area contributed by atoms with E-state index in [4.69, 9.17) is 10.5 Å². The van der Waals surface area contributed by atoms with Crippen LogP contribution in [0.3, 0.4) is 0 Å². The number of nitrogens with zero attached hydrogens (tertiary/aromatic N) is 3. The molecule has 1 unspecified atom stereocenters. The van der Waals surface area contributed by atoms with Gasteiger partial charge in [0.25, 0.3) is 5.91 Å². The predicted octanol–water partition coefficient (Wildman–Crippen LogP) is 4.54. The van der Waals surface area contributed by atoms with Crippen molar-refractivity contribution in [1.29, 1.82) is 0 Å². The number of amidine groups is 1. The zero-order valence-corrected chi connectivity index (χ0v) is 21.0. The number of likely N-dealkylation sites (tertiary alicyclic amines) is 1. The molecule has 0 bridgehead atoms. The van der Waals surface area contributed by atoms with E-state index in [0.717, 1.165) is 38.9 Å². The van der Waals surface area contributed by atoms with Gasteiger partial charge in [0.1, 0.15) is 5.75 Å². The van der Waals surface area contributed by atoms with Gasteiger partial charge in [-0.15, -0.1) is 0 Å². The summed E-state index contributed by atoms with van der Waals surface area (Å²) in [5, 5.41) is 3.09. The summed E-state index contributed by atoms with van der Waals surface area (Å²) in [6.45, 7) is 3.93. The first-order valence-electron chi connectivity index (χ1n) is 12.8. The average Bonchev–Trinajstić information content (AvgIpc) is 2.92. The van der Waals surface area contributed by atoms with Crippen LogP contribution >= 0.6 is 0 Å². The number of carbonyl (C=O) groups excluding carboxylic acids is 2. The van der Waals surface area contributed by atoms with Crippen molar-refractivity contribution in [1.82, 2.24) is 4.90 Å². The minimum absolute atomic E-state index is 0.178. The summed E-state index contributed by atoms with van der Waals surface area (Å²) in [6.07, 6.45) is 0.558. The molecule has 2 aliphatic heterocycles. The molecule has 1 fully saturated rings. The lowest BCUT2D eigenvalue weighted by Gasteiger charge is -2.34. The number of amides is 1. The number of nitrogens with two attached hydrogens (primary N) is 1. The Morgan fingerprint density at radius 1 is 1.03 bits per heavy atom. The Kier molecular flexibility index (Phi) is 8.88. The van der Waals surface area contributed by atoms with Gasteiger partial charge in [-0.2, -0.15) is 13.2 Å². The largest absolute Gasteiger partial charge is 0.493 e. The molecule has 1 saturated heterocycles. The van der Waals surface area contributed by atoms with E-state index in [0.29, 0.717) is 23.5 Å². The van der Waals surface area contributed by atoms with Crippen molar-refractivity contribution < 1.29 is 32.3 Å². The van der Waals surface area contributed by atoms with Gasteiger partial charge in [-0.25, -0.2) is 4.79 Å². The van der Waals surface area contributed by atoms with Gasteiger partial charge in [-0.1, -0.05) is 48.3 Å². The number of carbonyl (C=O) groups is 2. The molecule has 1 amide bonds. The van der Waals surface area contributed by atoms with E-state index in [-0.39, 0.29) is 11.5 Å². The molecule has 0 aliphatic carbocycles. The quantitative estimate of drug-likeness (QED) is 0.168. The maximum Gasteiger partial charge on any atom is 0.493 e. The topological polar surface area (TPSA) is 97.5 Å². The van der Waals surface area contributed by atoms with Gasteiger partial charge >= 0.3 is 12.1 Å². The summed E-state index contributed by atoms with van der Waals surface area (Å²) < 4.78 is 43.2. The van der Waals surface area contributed by atoms with Gasteiger partial charge in [-0.05, 0) is 63.5 Å². The summed E-state index contributed by atoms with van der Waals surface area (Å²) in [7, 11) is 0. The molecule has 1 atom stereocenters. The van der Waals surface area contributed by atoms with Gasteiger partial charge < -0.3 is 25.1 Å². The fourth-order valence-corrected chi connectivity index (χ4v) is 4.68. The van der Waals surface area contributed by atoms with Crippen molar-refractivity contribution in [3.05, 3.63) is 59.7 Å². The van der Waals surface area contributed by atoms with E-state index in [9.17, 15) is 22.8 Å².